The van der Waals surface area contributed by atoms with Crippen molar-refractivity contribution in [2.45, 2.75) is 32.9 Å². The molecule has 26 heavy (non-hydrogen) atoms. The minimum atomic E-state index is -0.349. The van der Waals surface area contributed by atoms with Crippen LogP contribution in [0.25, 0.3) is 11.0 Å². The molecule has 0 radical (unpaired) electrons. The van der Waals surface area contributed by atoms with Gasteiger partial charge in [0.1, 0.15) is 12.1 Å². The van der Waals surface area contributed by atoms with E-state index in [-0.39, 0.29) is 23.5 Å². The van der Waals surface area contributed by atoms with E-state index in [1.54, 1.807) is 11.8 Å². The molecule has 3 rings (SSSR count). The molecule has 1 aromatic carbocycles. The Hall–Kier alpha value is -3.00. The third kappa shape index (κ3) is 3.36. The van der Waals surface area contributed by atoms with Crippen molar-refractivity contribution in [1.29, 1.82) is 0 Å². The first kappa shape index (κ1) is 17.8. The molecule has 1 unspecified atom stereocenters. The molecular formula is C18H22N6O2. The molecule has 0 fully saturated rings. The quantitative estimate of drug-likeness (QED) is 0.705. The summed E-state index contributed by atoms with van der Waals surface area (Å²) in [5, 5.41) is 7.79. The van der Waals surface area contributed by atoms with E-state index in [2.05, 4.69) is 20.4 Å². The zero-order valence-electron chi connectivity index (χ0n) is 15.1. The number of fused-ring (bicyclic) bond motifs is 1. The van der Waals surface area contributed by atoms with Crippen LogP contribution < -0.4 is 11.1 Å². The number of nitrogen functional groups attached to an aromatic ring is 1. The number of carbonyl (C=O) groups excluding carboxylic acids is 1. The number of rotatable bonds is 6. The van der Waals surface area contributed by atoms with E-state index in [4.69, 9.17) is 10.5 Å². The van der Waals surface area contributed by atoms with Gasteiger partial charge in [0, 0.05) is 12.8 Å². The molecule has 3 N–H and O–H groups in total. The number of aromatic nitrogens is 4. The molecule has 0 aliphatic rings. The average molecular weight is 354 g/mol. The lowest BCUT2D eigenvalue weighted by molar-refractivity contribution is 0.102. The Bertz CT molecular complexity index is 919. The fourth-order valence-electron chi connectivity index (χ4n) is 2.68. The summed E-state index contributed by atoms with van der Waals surface area (Å²) in [5.74, 6) is -0.108. The maximum atomic E-state index is 12.8. The Morgan fingerprint density at radius 1 is 1.31 bits per heavy atom. The number of ether oxygens (including phenoxy) is 1. The van der Waals surface area contributed by atoms with Gasteiger partial charge in [-0.3, -0.25) is 4.79 Å². The second kappa shape index (κ2) is 7.49. The lowest BCUT2D eigenvalue weighted by Crippen LogP contribution is -2.14. The summed E-state index contributed by atoms with van der Waals surface area (Å²) in [6.45, 7) is 4.58. The molecule has 1 amide bonds. The first-order valence-electron chi connectivity index (χ1n) is 8.43. The van der Waals surface area contributed by atoms with Crippen LogP contribution in [0.1, 0.15) is 42.4 Å². The Kier molecular flexibility index (Phi) is 5.13. The predicted octanol–water partition coefficient (Wildman–Crippen LogP) is 2.78. The molecule has 0 aliphatic carbocycles. The van der Waals surface area contributed by atoms with Crippen molar-refractivity contribution in [3.63, 3.8) is 0 Å². The Labute approximate surface area is 151 Å². The minimum absolute atomic E-state index is 0.0849. The Morgan fingerprint density at radius 3 is 2.69 bits per heavy atom. The van der Waals surface area contributed by atoms with E-state index in [0.29, 0.717) is 23.3 Å². The summed E-state index contributed by atoms with van der Waals surface area (Å²) < 4.78 is 6.81. The number of nitrogens with two attached hydrogens (primary N) is 1. The lowest BCUT2D eigenvalue weighted by atomic mass is 10.2. The van der Waals surface area contributed by atoms with E-state index >= 15 is 0 Å². The van der Waals surface area contributed by atoms with E-state index in [1.807, 2.05) is 38.1 Å². The second-order valence-electron chi connectivity index (χ2n) is 6.09. The molecule has 0 bridgehead atoms. The summed E-state index contributed by atoms with van der Waals surface area (Å²) in [5.41, 5.74) is 8.47. The molecule has 8 heteroatoms. The molecule has 2 heterocycles. The van der Waals surface area contributed by atoms with E-state index < -0.39 is 0 Å². The van der Waals surface area contributed by atoms with Gasteiger partial charge in [0.2, 0.25) is 0 Å². The fraction of sp³-hybridized carbons (Fsp3) is 0.333. The van der Waals surface area contributed by atoms with Crippen molar-refractivity contribution in [2.75, 3.05) is 18.2 Å². The molecule has 0 saturated carbocycles. The van der Waals surface area contributed by atoms with Crippen LogP contribution in [-0.4, -0.2) is 32.8 Å². The van der Waals surface area contributed by atoms with Gasteiger partial charge in [-0.1, -0.05) is 19.1 Å². The molecule has 8 nitrogen and oxygen atoms in total. The number of nitrogens with one attached hydrogen (secondary N) is 1. The van der Waals surface area contributed by atoms with Crippen LogP contribution in [0.3, 0.4) is 0 Å². The number of carbonyl (C=O) groups is 1. The van der Waals surface area contributed by atoms with Crippen LogP contribution in [0, 0.1) is 0 Å². The topological polar surface area (TPSA) is 108 Å². The summed E-state index contributed by atoms with van der Waals surface area (Å²) in [7, 11) is 1.64. The van der Waals surface area contributed by atoms with Crippen LogP contribution in [0.2, 0.25) is 0 Å². The fourth-order valence-corrected chi connectivity index (χ4v) is 2.68. The van der Waals surface area contributed by atoms with Crippen molar-refractivity contribution >= 4 is 28.4 Å². The van der Waals surface area contributed by atoms with Gasteiger partial charge in [-0.25, -0.2) is 14.6 Å². The molecule has 3 aromatic rings. The summed E-state index contributed by atoms with van der Waals surface area (Å²) in [4.78, 5) is 21.1. The van der Waals surface area contributed by atoms with Gasteiger partial charge in [0.15, 0.2) is 11.3 Å². The highest BCUT2D eigenvalue weighted by atomic mass is 16.5. The molecule has 0 saturated heterocycles. The number of benzene rings is 1. The Morgan fingerprint density at radius 2 is 2.04 bits per heavy atom. The van der Waals surface area contributed by atoms with E-state index in [9.17, 15) is 4.79 Å². The van der Waals surface area contributed by atoms with Crippen molar-refractivity contribution < 1.29 is 9.53 Å². The molecule has 136 valence electrons. The summed E-state index contributed by atoms with van der Waals surface area (Å²) in [6, 6.07) is 7.51. The van der Waals surface area contributed by atoms with Crippen molar-refractivity contribution in [3.05, 3.63) is 41.9 Å². The van der Waals surface area contributed by atoms with Crippen molar-refractivity contribution in [2.24, 2.45) is 0 Å². The minimum Gasteiger partial charge on any atom is -0.383 e. The molecular weight excluding hydrogens is 332 g/mol. The molecule has 2 aromatic heterocycles. The number of hydrogen-bond acceptors (Lipinski definition) is 6. The van der Waals surface area contributed by atoms with Crippen LogP contribution >= 0.6 is 0 Å². The molecule has 0 spiro atoms. The van der Waals surface area contributed by atoms with Crippen molar-refractivity contribution in [3.8, 4) is 0 Å². The SMILES string of the molecule is CCC(C)n1nc(C(=O)Nc2ccc(COC)cc2)c2c(N)ncnc21. The highest BCUT2D eigenvalue weighted by Crippen LogP contribution is 2.25. The third-order valence-corrected chi connectivity index (χ3v) is 4.26. The predicted molar refractivity (Wildman–Crippen MR) is 99.8 cm³/mol. The maximum absolute atomic E-state index is 12.8. The number of methoxy groups -OCH3 is 1. The first-order chi connectivity index (χ1) is 12.5. The van der Waals surface area contributed by atoms with E-state index in [0.717, 1.165) is 12.0 Å². The van der Waals surface area contributed by atoms with Gasteiger partial charge >= 0.3 is 0 Å². The number of anilines is 2. The lowest BCUT2D eigenvalue weighted by Gasteiger charge is -2.09. The van der Waals surface area contributed by atoms with Crippen LogP contribution in [0.5, 0.6) is 0 Å². The van der Waals surface area contributed by atoms with Gasteiger partial charge in [-0.2, -0.15) is 5.10 Å². The summed E-state index contributed by atoms with van der Waals surface area (Å²) >= 11 is 0. The average Bonchev–Trinajstić information content (AvgIpc) is 3.04. The first-order valence-corrected chi connectivity index (χ1v) is 8.43. The van der Waals surface area contributed by atoms with Gasteiger partial charge < -0.3 is 15.8 Å². The monoisotopic (exact) mass is 354 g/mol. The van der Waals surface area contributed by atoms with Crippen LogP contribution in [0.4, 0.5) is 11.5 Å². The third-order valence-electron chi connectivity index (χ3n) is 4.26. The zero-order valence-corrected chi connectivity index (χ0v) is 15.1. The number of hydrogen-bond donors (Lipinski definition) is 2. The number of amides is 1. The smallest absolute Gasteiger partial charge is 0.277 e. The maximum Gasteiger partial charge on any atom is 0.277 e. The normalized spacial score (nSPS) is 12.3. The van der Waals surface area contributed by atoms with E-state index in [1.165, 1.54) is 6.33 Å². The van der Waals surface area contributed by atoms with Gasteiger partial charge in [0.25, 0.3) is 5.91 Å². The highest BCUT2D eigenvalue weighted by Gasteiger charge is 2.23. The molecule has 1 atom stereocenters. The van der Waals surface area contributed by atoms with Gasteiger partial charge in [-0.05, 0) is 31.0 Å². The van der Waals surface area contributed by atoms with Crippen molar-refractivity contribution in [1.82, 2.24) is 19.7 Å². The van der Waals surface area contributed by atoms with Crippen LogP contribution in [-0.2, 0) is 11.3 Å². The Balaban J connectivity index is 1.95. The van der Waals surface area contributed by atoms with Gasteiger partial charge in [-0.15, -0.1) is 0 Å². The largest absolute Gasteiger partial charge is 0.383 e. The highest BCUT2D eigenvalue weighted by molar-refractivity contribution is 6.13. The van der Waals surface area contributed by atoms with Crippen LogP contribution in [0.15, 0.2) is 30.6 Å². The standard InChI is InChI=1S/C18H22N6O2/c1-4-11(2)24-17-14(16(19)20-10-21-17)15(23-24)18(25)22-13-7-5-12(6-8-13)9-26-3/h5-8,10-11H,4,9H2,1-3H3,(H,22,25)(H2,19,20,21). The summed E-state index contributed by atoms with van der Waals surface area (Å²) in [6.07, 6.45) is 2.23. The zero-order chi connectivity index (χ0) is 18.7. The second-order valence-corrected chi connectivity index (χ2v) is 6.09. The number of nitrogens with zero attached hydrogens (tertiary/aromatic N) is 4. The van der Waals surface area contributed by atoms with Gasteiger partial charge in [0.05, 0.1) is 18.0 Å². The molecule has 0 aliphatic heterocycles.